The predicted molar refractivity (Wildman–Crippen MR) is 90.4 cm³/mol. The zero-order valence-electron chi connectivity index (χ0n) is 14.4. The zero-order valence-corrected chi connectivity index (χ0v) is 14.4. The van der Waals surface area contributed by atoms with Crippen LogP contribution in [0.25, 0.3) is 0 Å². The molecule has 0 N–H and O–H groups in total. The highest BCUT2D eigenvalue weighted by Gasteiger charge is 2.34. The summed E-state index contributed by atoms with van der Waals surface area (Å²) in [6, 6.07) is 0.222. The summed E-state index contributed by atoms with van der Waals surface area (Å²) in [7, 11) is 2.05. The quantitative estimate of drug-likeness (QED) is 0.833. The lowest BCUT2D eigenvalue weighted by atomic mass is 10.00. The van der Waals surface area contributed by atoms with Gasteiger partial charge in [-0.05, 0) is 19.3 Å². The number of morpholine rings is 1. The summed E-state index contributed by atoms with van der Waals surface area (Å²) in [5.41, 5.74) is 3.33. The van der Waals surface area contributed by atoms with E-state index in [0.29, 0.717) is 6.54 Å². The number of carbonyl (C=O) groups is 1. The fourth-order valence-electron chi connectivity index (χ4n) is 4.05. The van der Waals surface area contributed by atoms with Crippen molar-refractivity contribution in [1.82, 2.24) is 19.4 Å². The van der Waals surface area contributed by atoms with Crippen molar-refractivity contribution in [3.05, 3.63) is 29.4 Å². The number of allylic oxidation sites excluding steroid dienone is 1. The zero-order chi connectivity index (χ0) is 16.5. The Morgan fingerprint density at radius 3 is 2.96 bits per heavy atom. The van der Waals surface area contributed by atoms with Crippen molar-refractivity contribution < 1.29 is 9.53 Å². The standard InChI is InChI=1S/C18H26N4O2/c1-20-13-19-16-12-22(18(23)14-4-2-3-5-14)15(10-17(16)20)11-21-6-8-24-9-7-21/h4,13,15H,2-3,5-12H2,1H3. The molecule has 0 aromatic carbocycles. The summed E-state index contributed by atoms with van der Waals surface area (Å²) in [6.45, 7) is 5.07. The molecule has 1 unspecified atom stereocenters. The summed E-state index contributed by atoms with van der Waals surface area (Å²) in [4.78, 5) is 22.1. The van der Waals surface area contributed by atoms with Crippen LogP contribution in [0.5, 0.6) is 0 Å². The van der Waals surface area contributed by atoms with Crippen LogP contribution in [0.3, 0.4) is 0 Å². The minimum absolute atomic E-state index is 0.222. The maximum absolute atomic E-state index is 13.0. The monoisotopic (exact) mass is 330 g/mol. The summed E-state index contributed by atoms with van der Waals surface area (Å²) in [5.74, 6) is 0.224. The number of hydrogen-bond donors (Lipinski definition) is 0. The lowest BCUT2D eigenvalue weighted by molar-refractivity contribution is -0.131. The van der Waals surface area contributed by atoms with Crippen LogP contribution in [-0.4, -0.2) is 64.1 Å². The fourth-order valence-corrected chi connectivity index (χ4v) is 4.05. The maximum atomic E-state index is 13.0. The second-order valence-electron chi connectivity index (χ2n) is 7.07. The minimum Gasteiger partial charge on any atom is -0.379 e. The molecule has 1 fully saturated rings. The van der Waals surface area contributed by atoms with Crippen molar-refractivity contribution in [2.75, 3.05) is 32.8 Å². The normalized spacial score (nSPS) is 24.8. The van der Waals surface area contributed by atoms with Crippen molar-refractivity contribution in [1.29, 1.82) is 0 Å². The summed E-state index contributed by atoms with van der Waals surface area (Å²) in [6.07, 6.45) is 7.97. The molecule has 1 saturated heterocycles. The van der Waals surface area contributed by atoms with Gasteiger partial charge in [-0.2, -0.15) is 0 Å². The summed E-state index contributed by atoms with van der Waals surface area (Å²) >= 11 is 0. The largest absolute Gasteiger partial charge is 0.379 e. The van der Waals surface area contributed by atoms with Gasteiger partial charge in [0.2, 0.25) is 5.91 Å². The molecule has 1 atom stereocenters. The van der Waals surface area contributed by atoms with Crippen molar-refractivity contribution in [2.45, 2.75) is 38.3 Å². The van der Waals surface area contributed by atoms with Crippen LogP contribution < -0.4 is 0 Å². The first-order valence-corrected chi connectivity index (χ1v) is 9.01. The first-order valence-electron chi connectivity index (χ1n) is 9.01. The Morgan fingerprint density at radius 2 is 2.21 bits per heavy atom. The topological polar surface area (TPSA) is 50.6 Å². The lowest BCUT2D eigenvalue weighted by Gasteiger charge is -2.39. The highest BCUT2D eigenvalue weighted by atomic mass is 16.5. The van der Waals surface area contributed by atoms with E-state index >= 15 is 0 Å². The van der Waals surface area contributed by atoms with Crippen LogP contribution in [-0.2, 0) is 29.5 Å². The van der Waals surface area contributed by atoms with Crippen molar-refractivity contribution in [3.63, 3.8) is 0 Å². The molecule has 6 heteroatoms. The van der Waals surface area contributed by atoms with Crippen LogP contribution in [0.2, 0.25) is 0 Å². The van der Waals surface area contributed by atoms with Gasteiger partial charge in [-0.15, -0.1) is 0 Å². The predicted octanol–water partition coefficient (Wildman–Crippen LogP) is 1.12. The molecule has 0 bridgehead atoms. The van der Waals surface area contributed by atoms with Gasteiger partial charge >= 0.3 is 0 Å². The molecule has 1 aliphatic carbocycles. The molecule has 130 valence electrons. The van der Waals surface area contributed by atoms with Gasteiger partial charge in [-0.25, -0.2) is 4.98 Å². The third kappa shape index (κ3) is 3.00. The number of nitrogens with zero attached hydrogens (tertiary/aromatic N) is 4. The first kappa shape index (κ1) is 15.8. The van der Waals surface area contributed by atoms with Crippen LogP contribution in [0.1, 0.15) is 30.7 Å². The van der Waals surface area contributed by atoms with Gasteiger partial charge in [0.15, 0.2) is 0 Å². The molecular weight excluding hydrogens is 304 g/mol. The van der Waals surface area contributed by atoms with Crippen molar-refractivity contribution >= 4 is 5.91 Å². The molecule has 1 amide bonds. The second kappa shape index (κ2) is 6.69. The number of carbonyl (C=O) groups excluding carboxylic acids is 1. The number of aromatic nitrogens is 2. The molecule has 2 aliphatic heterocycles. The molecule has 0 radical (unpaired) electrons. The molecule has 3 heterocycles. The summed E-state index contributed by atoms with van der Waals surface area (Å²) in [5, 5.41) is 0. The van der Waals surface area contributed by atoms with Gasteiger partial charge in [0.1, 0.15) is 0 Å². The van der Waals surface area contributed by atoms with E-state index in [1.807, 2.05) is 6.33 Å². The molecule has 0 spiro atoms. The third-order valence-electron chi connectivity index (χ3n) is 5.48. The molecule has 24 heavy (non-hydrogen) atoms. The molecule has 3 aliphatic rings. The second-order valence-corrected chi connectivity index (χ2v) is 7.07. The first-order chi connectivity index (χ1) is 11.7. The van der Waals surface area contributed by atoms with Crippen LogP contribution in [0.4, 0.5) is 0 Å². The number of hydrogen-bond acceptors (Lipinski definition) is 4. The average Bonchev–Trinajstić information content (AvgIpc) is 3.25. The Hall–Kier alpha value is -1.66. The van der Waals surface area contributed by atoms with E-state index in [2.05, 4.69) is 32.5 Å². The van der Waals surface area contributed by atoms with Gasteiger partial charge in [0.25, 0.3) is 0 Å². The Morgan fingerprint density at radius 1 is 1.38 bits per heavy atom. The number of fused-ring (bicyclic) bond motifs is 1. The highest BCUT2D eigenvalue weighted by molar-refractivity contribution is 5.94. The molecule has 1 aromatic heterocycles. The fraction of sp³-hybridized carbons (Fsp3) is 0.667. The number of aryl methyl sites for hydroxylation is 1. The van der Waals surface area contributed by atoms with E-state index in [0.717, 1.165) is 69.8 Å². The van der Waals surface area contributed by atoms with E-state index in [4.69, 9.17) is 4.74 Å². The van der Waals surface area contributed by atoms with E-state index in [1.165, 1.54) is 5.69 Å². The molecule has 6 nitrogen and oxygen atoms in total. The lowest BCUT2D eigenvalue weighted by Crippen LogP contribution is -2.52. The van der Waals surface area contributed by atoms with Gasteiger partial charge in [0, 0.05) is 44.4 Å². The van der Waals surface area contributed by atoms with Gasteiger partial charge < -0.3 is 14.2 Å². The van der Waals surface area contributed by atoms with Gasteiger partial charge in [0.05, 0.1) is 37.8 Å². The van der Waals surface area contributed by atoms with Gasteiger partial charge in [-0.1, -0.05) is 6.08 Å². The molecule has 1 aromatic rings. The van der Waals surface area contributed by atoms with E-state index in [1.54, 1.807) is 0 Å². The Kier molecular flexibility index (Phi) is 4.41. The Balaban J connectivity index is 1.56. The highest BCUT2D eigenvalue weighted by Crippen LogP contribution is 2.27. The maximum Gasteiger partial charge on any atom is 0.250 e. The Bertz CT molecular complexity index is 645. The van der Waals surface area contributed by atoms with Gasteiger partial charge in [-0.3, -0.25) is 9.69 Å². The van der Waals surface area contributed by atoms with Crippen molar-refractivity contribution in [2.24, 2.45) is 7.05 Å². The minimum atomic E-state index is 0.222. The number of imidazole rings is 1. The van der Waals surface area contributed by atoms with Crippen LogP contribution in [0, 0.1) is 0 Å². The summed E-state index contributed by atoms with van der Waals surface area (Å²) < 4.78 is 7.57. The van der Waals surface area contributed by atoms with Crippen molar-refractivity contribution in [3.8, 4) is 0 Å². The van der Waals surface area contributed by atoms with E-state index < -0.39 is 0 Å². The average molecular weight is 330 g/mol. The van der Waals surface area contributed by atoms with E-state index in [-0.39, 0.29) is 11.9 Å². The molecule has 4 rings (SSSR count). The molecular formula is C18H26N4O2. The van der Waals surface area contributed by atoms with Crippen LogP contribution in [0.15, 0.2) is 18.0 Å². The van der Waals surface area contributed by atoms with Crippen LogP contribution >= 0.6 is 0 Å². The third-order valence-corrected chi connectivity index (χ3v) is 5.48. The van der Waals surface area contributed by atoms with E-state index in [9.17, 15) is 4.79 Å². The number of rotatable bonds is 3. The number of amides is 1. The molecule has 0 saturated carbocycles. The smallest absolute Gasteiger partial charge is 0.250 e. The number of ether oxygens (including phenoxy) is 1. The SMILES string of the molecule is Cn1cnc2c1CC(CN1CCOCC1)N(C(=O)C1=CCCC1)C2. The Labute approximate surface area is 143 Å².